The molecule has 3 rings (SSSR count). The number of aryl methyl sites for hydroxylation is 5. The van der Waals surface area contributed by atoms with E-state index < -0.39 is 0 Å². The van der Waals surface area contributed by atoms with Crippen LogP contribution in [0.2, 0.25) is 0 Å². The molecule has 3 aromatic rings. The molecule has 0 spiro atoms. The Balaban J connectivity index is 1.74. The van der Waals surface area contributed by atoms with Crippen LogP contribution in [0.25, 0.3) is 10.9 Å². The van der Waals surface area contributed by atoms with E-state index in [2.05, 4.69) is 62.5 Å². The molecule has 0 saturated carbocycles. The average molecular weight is 365 g/mol. The topological polar surface area (TPSA) is 42.0 Å². The molecule has 2 aromatic carbocycles. The molecule has 134 valence electrons. The highest BCUT2D eigenvalue weighted by Crippen LogP contribution is 2.26. The van der Waals surface area contributed by atoms with Crippen LogP contribution in [0.1, 0.15) is 27.8 Å². The molecule has 3 nitrogen and oxygen atoms in total. The fourth-order valence-corrected chi connectivity index (χ4v) is 4.06. The standard InChI is InChI=1S/C22H24N2OS/c1-13-9-16(4)21(17(5)10-13)23-19(25)12-26-20-11-15(3)18-8-6-7-14(2)22(18)24-20/h6-11H,12H2,1-5H3,(H,23,25). The Bertz CT molecular complexity index is 972. The number of aromatic nitrogens is 1. The van der Waals surface area contributed by atoms with E-state index in [9.17, 15) is 4.79 Å². The Hall–Kier alpha value is -2.33. The highest BCUT2D eigenvalue weighted by atomic mass is 32.2. The summed E-state index contributed by atoms with van der Waals surface area (Å²) in [5.74, 6) is 0.339. The third-order valence-corrected chi connectivity index (χ3v) is 5.43. The third-order valence-electron chi connectivity index (χ3n) is 4.52. The number of nitrogens with zero attached hydrogens (tertiary/aromatic N) is 1. The van der Waals surface area contributed by atoms with Gasteiger partial charge >= 0.3 is 0 Å². The number of rotatable bonds is 4. The molecular formula is C22H24N2OS. The summed E-state index contributed by atoms with van der Waals surface area (Å²) in [6.07, 6.45) is 0. The first-order valence-corrected chi connectivity index (χ1v) is 9.71. The first kappa shape index (κ1) is 18.5. The number of hydrogen-bond donors (Lipinski definition) is 1. The van der Waals surface area contributed by atoms with Gasteiger partial charge in [-0.2, -0.15) is 0 Å². The van der Waals surface area contributed by atoms with Gasteiger partial charge in [0.15, 0.2) is 0 Å². The van der Waals surface area contributed by atoms with Crippen molar-refractivity contribution in [1.29, 1.82) is 0 Å². The number of carbonyl (C=O) groups excluding carboxylic acids is 1. The molecule has 1 heterocycles. The van der Waals surface area contributed by atoms with Crippen molar-refractivity contribution < 1.29 is 4.79 Å². The SMILES string of the molecule is Cc1cc(C)c(NC(=O)CSc2cc(C)c3cccc(C)c3n2)c(C)c1. The quantitative estimate of drug-likeness (QED) is 0.621. The smallest absolute Gasteiger partial charge is 0.234 e. The molecule has 0 aliphatic carbocycles. The van der Waals surface area contributed by atoms with Crippen molar-refractivity contribution in [2.45, 2.75) is 39.6 Å². The molecule has 0 saturated heterocycles. The summed E-state index contributed by atoms with van der Waals surface area (Å²) < 4.78 is 0. The van der Waals surface area contributed by atoms with Gasteiger partial charge in [0.25, 0.3) is 0 Å². The third kappa shape index (κ3) is 3.91. The summed E-state index contributed by atoms with van der Waals surface area (Å²) in [6, 6.07) is 12.5. The summed E-state index contributed by atoms with van der Waals surface area (Å²) in [4.78, 5) is 17.2. The second-order valence-electron chi connectivity index (χ2n) is 6.86. The lowest BCUT2D eigenvalue weighted by Crippen LogP contribution is -2.16. The maximum atomic E-state index is 12.4. The van der Waals surface area contributed by atoms with Gasteiger partial charge in [0.1, 0.15) is 0 Å². The van der Waals surface area contributed by atoms with Crippen LogP contribution >= 0.6 is 11.8 Å². The number of para-hydroxylation sites is 1. The van der Waals surface area contributed by atoms with Crippen molar-refractivity contribution in [2.75, 3.05) is 11.1 Å². The van der Waals surface area contributed by atoms with Crippen LogP contribution in [0.4, 0.5) is 5.69 Å². The van der Waals surface area contributed by atoms with E-state index in [1.807, 2.05) is 13.8 Å². The lowest BCUT2D eigenvalue weighted by molar-refractivity contribution is -0.113. The van der Waals surface area contributed by atoms with E-state index in [1.165, 1.54) is 28.3 Å². The number of fused-ring (bicyclic) bond motifs is 1. The number of pyridine rings is 1. The maximum absolute atomic E-state index is 12.4. The fourth-order valence-electron chi connectivity index (χ4n) is 3.30. The van der Waals surface area contributed by atoms with Gasteiger partial charge in [0, 0.05) is 11.1 Å². The van der Waals surface area contributed by atoms with Gasteiger partial charge in [-0.3, -0.25) is 4.79 Å². The van der Waals surface area contributed by atoms with Crippen LogP contribution in [0.15, 0.2) is 41.4 Å². The van der Waals surface area contributed by atoms with Gasteiger partial charge in [0.05, 0.1) is 16.3 Å². The molecule has 1 N–H and O–H groups in total. The van der Waals surface area contributed by atoms with E-state index >= 15 is 0 Å². The lowest BCUT2D eigenvalue weighted by atomic mass is 10.1. The maximum Gasteiger partial charge on any atom is 0.234 e. The predicted octanol–water partition coefficient (Wildman–Crippen LogP) is 5.51. The molecule has 0 unspecified atom stereocenters. The van der Waals surface area contributed by atoms with Gasteiger partial charge < -0.3 is 5.32 Å². The molecule has 4 heteroatoms. The van der Waals surface area contributed by atoms with E-state index in [1.54, 1.807) is 0 Å². The van der Waals surface area contributed by atoms with Crippen LogP contribution in [-0.2, 0) is 4.79 Å². The van der Waals surface area contributed by atoms with Crippen molar-refractivity contribution in [1.82, 2.24) is 4.98 Å². The summed E-state index contributed by atoms with van der Waals surface area (Å²) in [7, 11) is 0. The number of benzene rings is 2. The highest BCUT2D eigenvalue weighted by Gasteiger charge is 2.11. The normalized spacial score (nSPS) is 11.0. The second-order valence-corrected chi connectivity index (χ2v) is 7.85. The summed E-state index contributed by atoms with van der Waals surface area (Å²) >= 11 is 1.48. The van der Waals surface area contributed by atoms with Crippen LogP contribution in [0.3, 0.4) is 0 Å². The van der Waals surface area contributed by atoms with E-state index in [4.69, 9.17) is 4.98 Å². The Kier molecular flexibility index (Phi) is 5.33. The minimum absolute atomic E-state index is 0.00520. The number of hydrogen-bond acceptors (Lipinski definition) is 3. The van der Waals surface area contributed by atoms with Crippen molar-refractivity contribution in [2.24, 2.45) is 0 Å². The Morgan fingerprint density at radius 3 is 2.35 bits per heavy atom. The number of thioether (sulfide) groups is 1. The van der Waals surface area contributed by atoms with Gasteiger partial charge in [-0.05, 0) is 62.9 Å². The molecule has 0 radical (unpaired) electrons. The van der Waals surface area contributed by atoms with E-state index in [-0.39, 0.29) is 5.91 Å². The minimum Gasteiger partial charge on any atom is -0.325 e. The molecule has 1 amide bonds. The van der Waals surface area contributed by atoms with Gasteiger partial charge in [-0.15, -0.1) is 0 Å². The van der Waals surface area contributed by atoms with Crippen LogP contribution in [0, 0.1) is 34.6 Å². The Labute approximate surface area is 159 Å². The molecule has 1 aromatic heterocycles. The molecule has 0 fully saturated rings. The van der Waals surface area contributed by atoms with Crippen molar-refractivity contribution in [3.63, 3.8) is 0 Å². The highest BCUT2D eigenvalue weighted by molar-refractivity contribution is 7.99. The lowest BCUT2D eigenvalue weighted by Gasteiger charge is -2.13. The first-order chi connectivity index (χ1) is 12.3. The molecule has 0 atom stereocenters. The number of anilines is 1. The van der Waals surface area contributed by atoms with Crippen molar-refractivity contribution in [3.05, 3.63) is 64.2 Å². The first-order valence-electron chi connectivity index (χ1n) is 8.72. The average Bonchev–Trinajstić information content (AvgIpc) is 2.57. The largest absolute Gasteiger partial charge is 0.325 e. The van der Waals surface area contributed by atoms with Crippen LogP contribution in [-0.4, -0.2) is 16.6 Å². The van der Waals surface area contributed by atoms with Crippen LogP contribution < -0.4 is 5.32 Å². The number of nitrogens with one attached hydrogen (secondary N) is 1. The molecule has 0 aliphatic heterocycles. The zero-order valence-electron chi connectivity index (χ0n) is 15.9. The molecule has 26 heavy (non-hydrogen) atoms. The van der Waals surface area contributed by atoms with Gasteiger partial charge in [0.2, 0.25) is 5.91 Å². The van der Waals surface area contributed by atoms with Crippen molar-refractivity contribution >= 4 is 34.3 Å². The van der Waals surface area contributed by atoms with Gasteiger partial charge in [-0.25, -0.2) is 4.98 Å². The number of carbonyl (C=O) groups is 1. The van der Waals surface area contributed by atoms with E-state index in [0.29, 0.717) is 5.75 Å². The molecule has 0 aliphatic rings. The van der Waals surface area contributed by atoms with E-state index in [0.717, 1.165) is 32.9 Å². The second kappa shape index (κ2) is 7.50. The molecular weight excluding hydrogens is 340 g/mol. The van der Waals surface area contributed by atoms with Crippen molar-refractivity contribution in [3.8, 4) is 0 Å². The Morgan fingerprint density at radius 2 is 1.65 bits per heavy atom. The zero-order chi connectivity index (χ0) is 18.8. The minimum atomic E-state index is -0.00520. The van der Waals surface area contributed by atoms with Gasteiger partial charge in [-0.1, -0.05) is 47.7 Å². The Morgan fingerprint density at radius 1 is 0.962 bits per heavy atom. The summed E-state index contributed by atoms with van der Waals surface area (Å²) in [6.45, 7) is 10.3. The van der Waals surface area contributed by atoms with Crippen LogP contribution in [0.5, 0.6) is 0 Å². The fraction of sp³-hybridized carbons (Fsp3) is 0.273. The summed E-state index contributed by atoms with van der Waals surface area (Å²) in [5.41, 5.74) is 7.67. The molecule has 0 bridgehead atoms. The zero-order valence-corrected chi connectivity index (χ0v) is 16.8. The predicted molar refractivity (Wildman–Crippen MR) is 111 cm³/mol. The summed E-state index contributed by atoms with van der Waals surface area (Å²) in [5, 5.41) is 5.11. The number of amides is 1. The monoisotopic (exact) mass is 364 g/mol.